The second kappa shape index (κ2) is 10.7. The number of rotatable bonds is 11. The molecule has 0 aromatic heterocycles. The van der Waals surface area contributed by atoms with Gasteiger partial charge < -0.3 is 14.6 Å². The summed E-state index contributed by atoms with van der Waals surface area (Å²) in [5, 5.41) is 10.1. The van der Waals surface area contributed by atoms with Gasteiger partial charge in [0.2, 0.25) is 0 Å². The molecule has 0 fully saturated rings. The average molecular weight is 313 g/mol. The van der Waals surface area contributed by atoms with E-state index in [9.17, 15) is 9.50 Å². The molecule has 0 saturated carbocycles. The summed E-state index contributed by atoms with van der Waals surface area (Å²) in [6, 6.07) is 6.70. The number of hydrogen-bond donors (Lipinski definition) is 1. The number of hydrogen-bond acceptors (Lipinski definition) is 4. The van der Waals surface area contributed by atoms with Gasteiger partial charge in [0.05, 0.1) is 19.3 Å². The Morgan fingerprint density at radius 3 is 2.59 bits per heavy atom. The van der Waals surface area contributed by atoms with Gasteiger partial charge in [-0.15, -0.1) is 0 Å². The lowest BCUT2D eigenvalue weighted by molar-refractivity contribution is 0.00320. The minimum Gasteiger partial charge on any atom is -0.389 e. The topological polar surface area (TPSA) is 41.9 Å². The highest BCUT2D eigenvalue weighted by Gasteiger charge is 2.14. The fourth-order valence-corrected chi connectivity index (χ4v) is 2.11. The standard InChI is InChI=1S/C17H28FNO3/c1-14(2)12-22-13-16(20)11-19(8-9-21-3)10-15-6-4-5-7-17(15)18/h4-7,14,16,20H,8-13H2,1-3H3. The molecular weight excluding hydrogens is 285 g/mol. The van der Waals surface area contributed by atoms with E-state index >= 15 is 0 Å². The van der Waals surface area contributed by atoms with Crippen LogP contribution in [0.15, 0.2) is 24.3 Å². The van der Waals surface area contributed by atoms with Gasteiger partial charge >= 0.3 is 0 Å². The first-order valence-corrected chi connectivity index (χ1v) is 7.73. The van der Waals surface area contributed by atoms with E-state index in [4.69, 9.17) is 9.47 Å². The van der Waals surface area contributed by atoms with Crippen molar-refractivity contribution in [2.24, 2.45) is 5.92 Å². The van der Waals surface area contributed by atoms with Crippen molar-refractivity contribution in [2.45, 2.75) is 26.5 Å². The zero-order valence-electron chi connectivity index (χ0n) is 13.8. The van der Waals surface area contributed by atoms with Gasteiger partial charge in [-0.3, -0.25) is 4.90 Å². The Hall–Kier alpha value is -1.01. The van der Waals surface area contributed by atoms with E-state index in [-0.39, 0.29) is 5.82 Å². The second-order valence-corrected chi connectivity index (χ2v) is 5.90. The molecule has 5 heteroatoms. The van der Waals surface area contributed by atoms with Crippen LogP contribution in [0.2, 0.25) is 0 Å². The van der Waals surface area contributed by atoms with Crippen molar-refractivity contribution in [1.29, 1.82) is 0 Å². The molecule has 22 heavy (non-hydrogen) atoms. The summed E-state index contributed by atoms with van der Waals surface area (Å²) >= 11 is 0. The molecule has 0 saturated heterocycles. The summed E-state index contributed by atoms with van der Waals surface area (Å²) < 4.78 is 24.3. The van der Waals surface area contributed by atoms with Gasteiger partial charge in [-0.25, -0.2) is 4.39 Å². The number of halogens is 1. The van der Waals surface area contributed by atoms with E-state index in [1.165, 1.54) is 6.07 Å². The third-order valence-corrected chi connectivity index (χ3v) is 3.19. The minimum absolute atomic E-state index is 0.226. The van der Waals surface area contributed by atoms with Crippen molar-refractivity contribution in [2.75, 3.05) is 40.0 Å². The zero-order valence-corrected chi connectivity index (χ0v) is 13.8. The van der Waals surface area contributed by atoms with Crippen molar-refractivity contribution < 1.29 is 19.0 Å². The van der Waals surface area contributed by atoms with Crippen LogP contribution in [0.3, 0.4) is 0 Å². The Morgan fingerprint density at radius 1 is 1.23 bits per heavy atom. The Labute approximate surface area is 132 Å². The second-order valence-electron chi connectivity index (χ2n) is 5.90. The molecule has 1 atom stereocenters. The molecule has 4 nitrogen and oxygen atoms in total. The van der Waals surface area contributed by atoms with Crippen molar-refractivity contribution in [3.05, 3.63) is 35.6 Å². The largest absolute Gasteiger partial charge is 0.389 e. The SMILES string of the molecule is COCCN(Cc1ccccc1F)CC(O)COCC(C)C. The van der Waals surface area contributed by atoms with Gasteiger partial charge in [0.1, 0.15) is 5.82 Å². The lowest BCUT2D eigenvalue weighted by Gasteiger charge is -2.25. The molecule has 0 heterocycles. The Bertz CT molecular complexity index is 415. The number of benzene rings is 1. The Morgan fingerprint density at radius 2 is 1.95 bits per heavy atom. The van der Waals surface area contributed by atoms with Gasteiger partial charge in [-0.2, -0.15) is 0 Å². The molecule has 1 aromatic carbocycles. The predicted octanol–water partition coefficient (Wildman–Crippen LogP) is 2.31. The molecule has 1 rings (SSSR count). The lowest BCUT2D eigenvalue weighted by atomic mass is 10.2. The van der Waals surface area contributed by atoms with Gasteiger partial charge in [-0.1, -0.05) is 32.0 Å². The quantitative estimate of drug-likeness (QED) is 0.681. The number of aliphatic hydroxyl groups is 1. The van der Waals surface area contributed by atoms with Crippen LogP contribution in [0.5, 0.6) is 0 Å². The van der Waals surface area contributed by atoms with E-state index in [1.54, 1.807) is 19.2 Å². The third kappa shape index (κ3) is 7.84. The van der Waals surface area contributed by atoms with Gasteiger partial charge in [0.15, 0.2) is 0 Å². The Balaban J connectivity index is 2.51. The zero-order chi connectivity index (χ0) is 16.4. The first-order valence-electron chi connectivity index (χ1n) is 7.73. The molecule has 0 amide bonds. The van der Waals surface area contributed by atoms with E-state index < -0.39 is 6.10 Å². The maximum absolute atomic E-state index is 13.8. The van der Waals surface area contributed by atoms with Crippen molar-refractivity contribution >= 4 is 0 Å². The maximum atomic E-state index is 13.8. The van der Waals surface area contributed by atoms with E-state index in [1.807, 2.05) is 11.0 Å². The number of nitrogens with zero attached hydrogens (tertiary/aromatic N) is 1. The smallest absolute Gasteiger partial charge is 0.127 e. The molecule has 126 valence electrons. The third-order valence-electron chi connectivity index (χ3n) is 3.19. The van der Waals surface area contributed by atoms with Crippen LogP contribution >= 0.6 is 0 Å². The molecule has 0 aliphatic rings. The van der Waals surface area contributed by atoms with Gasteiger partial charge in [0.25, 0.3) is 0 Å². The van der Waals surface area contributed by atoms with Crippen LogP contribution in [0, 0.1) is 11.7 Å². The first kappa shape index (κ1) is 19.0. The number of methoxy groups -OCH3 is 1. The van der Waals surface area contributed by atoms with E-state index in [2.05, 4.69) is 13.8 Å². The number of ether oxygens (including phenoxy) is 2. The monoisotopic (exact) mass is 313 g/mol. The summed E-state index contributed by atoms with van der Waals surface area (Å²) in [5.41, 5.74) is 0.619. The van der Waals surface area contributed by atoms with E-state index in [0.29, 0.717) is 50.9 Å². The molecule has 1 N–H and O–H groups in total. The highest BCUT2D eigenvalue weighted by molar-refractivity contribution is 5.17. The molecule has 1 aromatic rings. The molecule has 0 aliphatic heterocycles. The van der Waals surface area contributed by atoms with Crippen LogP contribution in [0.25, 0.3) is 0 Å². The van der Waals surface area contributed by atoms with Crippen LogP contribution < -0.4 is 0 Å². The van der Waals surface area contributed by atoms with Crippen LogP contribution in [0.4, 0.5) is 4.39 Å². The highest BCUT2D eigenvalue weighted by Crippen LogP contribution is 2.10. The maximum Gasteiger partial charge on any atom is 0.127 e. The van der Waals surface area contributed by atoms with Gasteiger partial charge in [-0.05, 0) is 12.0 Å². The summed E-state index contributed by atoms with van der Waals surface area (Å²) in [6.45, 7) is 7.08. The number of aliphatic hydroxyl groups excluding tert-OH is 1. The normalized spacial score (nSPS) is 13.0. The van der Waals surface area contributed by atoms with Crippen LogP contribution in [0.1, 0.15) is 19.4 Å². The molecule has 1 unspecified atom stereocenters. The van der Waals surface area contributed by atoms with Crippen molar-refractivity contribution in [3.8, 4) is 0 Å². The Kier molecular flexibility index (Phi) is 9.24. The molecule has 0 bridgehead atoms. The first-order chi connectivity index (χ1) is 10.5. The molecule has 0 radical (unpaired) electrons. The predicted molar refractivity (Wildman–Crippen MR) is 85.2 cm³/mol. The van der Waals surface area contributed by atoms with E-state index in [0.717, 1.165) is 0 Å². The summed E-state index contributed by atoms with van der Waals surface area (Å²) in [5.74, 6) is 0.214. The fraction of sp³-hybridized carbons (Fsp3) is 0.647. The molecule has 0 spiro atoms. The fourth-order valence-electron chi connectivity index (χ4n) is 2.11. The molecule has 0 aliphatic carbocycles. The summed E-state index contributed by atoms with van der Waals surface area (Å²) in [4.78, 5) is 1.98. The van der Waals surface area contributed by atoms with Crippen molar-refractivity contribution in [1.82, 2.24) is 4.90 Å². The average Bonchev–Trinajstić information content (AvgIpc) is 2.46. The lowest BCUT2D eigenvalue weighted by Crippen LogP contribution is -2.37. The summed E-state index contributed by atoms with van der Waals surface area (Å²) in [7, 11) is 1.63. The van der Waals surface area contributed by atoms with Gasteiger partial charge in [0, 0.05) is 38.9 Å². The van der Waals surface area contributed by atoms with Crippen LogP contribution in [-0.4, -0.2) is 56.1 Å². The summed E-state index contributed by atoms with van der Waals surface area (Å²) in [6.07, 6.45) is -0.595. The van der Waals surface area contributed by atoms with Crippen LogP contribution in [-0.2, 0) is 16.0 Å². The highest BCUT2D eigenvalue weighted by atomic mass is 19.1. The molecular formula is C17H28FNO3. The van der Waals surface area contributed by atoms with Crippen molar-refractivity contribution in [3.63, 3.8) is 0 Å². The minimum atomic E-state index is -0.595.